The molecular weight excluding hydrogens is 488 g/mol. The summed E-state index contributed by atoms with van der Waals surface area (Å²) in [6, 6.07) is 1.14. The van der Waals surface area contributed by atoms with E-state index in [-0.39, 0.29) is 42.4 Å². The molecule has 4 fully saturated rings. The van der Waals surface area contributed by atoms with E-state index >= 15 is 0 Å². The second-order valence-electron chi connectivity index (χ2n) is 13.5. The van der Waals surface area contributed by atoms with Crippen LogP contribution in [0.2, 0.25) is 25.7 Å². The summed E-state index contributed by atoms with van der Waals surface area (Å²) in [5.74, 6) is 1.61. The van der Waals surface area contributed by atoms with Crippen LogP contribution in [-0.4, -0.2) is 74.4 Å². The fraction of sp³-hybridized carbons (Fsp3) is 0.897. The molecule has 8 heteroatoms. The van der Waals surface area contributed by atoms with Crippen molar-refractivity contribution in [2.24, 2.45) is 40.4 Å². The van der Waals surface area contributed by atoms with Gasteiger partial charge in [-0.25, -0.2) is 0 Å². The number of rotatable bonds is 14. The van der Waals surface area contributed by atoms with Gasteiger partial charge >= 0.3 is 0 Å². The van der Waals surface area contributed by atoms with Gasteiger partial charge in [-0.15, -0.1) is 0 Å². The Balaban J connectivity index is 1.61. The van der Waals surface area contributed by atoms with Crippen LogP contribution in [-0.2, 0) is 33.2 Å². The van der Waals surface area contributed by atoms with Crippen molar-refractivity contribution in [3.8, 4) is 0 Å². The summed E-state index contributed by atoms with van der Waals surface area (Å²) < 4.78 is 35.2. The van der Waals surface area contributed by atoms with Crippen LogP contribution in [0.15, 0.2) is 12.2 Å². The first-order chi connectivity index (χ1) is 17.6. The minimum atomic E-state index is -1.14. The lowest BCUT2D eigenvalue weighted by molar-refractivity contribution is -0.167. The van der Waals surface area contributed by atoms with Gasteiger partial charge < -0.3 is 28.4 Å². The Labute approximate surface area is 224 Å². The largest absolute Gasteiger partial charge is 0.359 e. The van der Waals surface area contributed by atoms with E-state index < -0.39 is 8.07 Å². The van der Waals surface area contributed by atoms with Crippen LogP contribution < -0.4 is 0 Å². The average molecular weight is 539 g/mol. The zero-order valence-electron chi connectivity index (χ0n) is 24.0. The maximum atomic E-state index is 13.2. The molecule has 0 unspecified atom stereocenters. The molecule has 0 bridgehead atoms. The molecule has 0 aromatic carbocycles. The SMILES string of the molecule is C=C1C[C@]23[C@H]1C(=O)CC[C@H]2[C@H]1[C@H]([C@@H]3COCOC)[C@](C)(COCOC)CC[C@H]1OCOCC[Si](C)(C)C. The molecule has 212 valence electrons. The molecule has 4 saturated carbocycles. The first kappa shape index (κ1) is 29.4. The van der Waals surface area contributed by atoms with Crippen molar-refractivity contribution in [2.45, 2.75) is 70.8 Å². The number of ether oxygens (including phenoxy) is 6. The Kier molecular flexibility index (Phi) is 9.42. The van der Waals surface area contributed by atoms with Crippen molar-refractivity contribution in [1.29, 1.82) is 0 Å². The van der Waals surface area contributed by atoms with Crippen LogP contribution >= 0.6 is 0 Å². The molecule has 0 N–H and O–H groups in total. The molecule has 4 rings (SSSR count). The Morgan fingerprint density at radius 2 is 1.76 bits per heavy atom. The standard InChI is InChI=1S/C29H50O7Si/c1-20-14-29-21(8-9-23(30)26(20)29)25-24(36-19-33-12-13-37(5,6)7)10-11-28(2,16-35-18-32-4)27(25)22(29)15-34-17-31-3/h21-22,24-27H,1,8-19H2,2-7H3/t21-,22-,24+,25+,26+,27-,28-,29-/m0/s1. The summed E-state index contributed by atoms with van der Waals surface area (Å²) in [6.07, 6.45) is 4.57. The highest BCUT2D eigenvalue weighted by Gasteiger charge is 2.74. The first-order valence-corrected chi connectivity index (χ1v) is 17.8. The molecule has 37 heavy (non-hydrogen) atoms. The van der Waals surface area contributed by atoms with Crippen LogP contribution in [0, 0.1) is 40.4 Å². The summed E-state index contributed by atoms with van der Waals surface area (Å²) in [6.45, 7) is 16.7. The van der Waals surface area contributed by atoms with Crippen LogP contribution in [0.4, 0.5) is 0 Å². The summed E-state index contributed by atoms with van der Waals surface area (Å²) >= 11 is 0. The molecule has 4 aliphatic rings. The van der Waals surface area contributed by atoms with Gasteiger partial charge in [-0.2, -0.15) is 0 Å². The van der Waals surface area contributed by atoms with Crippen molar-refractivity contribution >= 4 is 13.9 Å². The van der Waals surface area contributed by atoms with Gasteiger partial charge in [0.1, 0.15) is 26.2 Å². The molecule has 0 saturated heterocycles. The topological polar surface area (TPSA) is 72.5 Å². The number of ketones is 1. The second-order valence-corrected chi connectivity index (χ2v) is 19.1. The summed E-state index contributed by atoms with van der Waals surface area (Å²) in [4.78, 5) is 13.2. The van der Waals surface area contributed by atoms with Crippen LogP contribution in [0.3, 0.4) is 0 Å². The van der Waals surface area contributed by atoms with Crippen LogP contribution in [0.25, 0.3) is 0 Å². The average Bonchev–Trinajstić information content (AvgIpc) is 3.11. The quantitative estimate of drug-likeness (QED) is 0.131. The Morgan fingerprint density at radius 1 is 1.03 bits per heavy atom. The van der Waals surface area contributed by atoms with Crippen molar-refractivity contribution in [2.75, 3.05) is 54.4 Å². The zero-order chi connectivity index (χ0) is 26.8. The van der Waals surface area contributed by atoms with E-state index in [9.17, 15) is 4.79 Å². The molecule has 8 atom stereocenters. The highest BCUT2D eigenvalue weighted by Crippen LogP contribution is 2.75. The number of fused-ring (bicyclic) bond motifs is 2. The van der Waals surface area contributed by atoms with E-state index in [1.165, 1.54) is 0 Å². The third-order valence-electron chi connectivity index (χ3n) is 9.92. The number of Topliss-reactive ketones (excluding diaryl/α,β-unsaturated/α-hetero) is 1. The molecule has 0 aromatic heterocycles. The van der Waals surface area contributed by atoms with Gasteiger partial charge in [0.25, 0.3) is 0 Å². The highest BCUT2D eigenvalue weighted by molar-refractivity contribution is 6.76. The maximum Gasteiger partial charge on any atom is 0.147 e. The molecule has 0 aromatic rings. The number of methoxy groups -OCH3 is 2. The van der Waals surface area contributed by atoms with Gasteiger partial charge in [-0.05, 0) is 66.2 Å². The van der Waals surface area contributed by atoms with Crippen molar-refractivity contribution in [3.05, 3.63) is 12.2 Å². The predicted molar refractivity (Wildman–Crippen MR) is 145 cm³/mol. The first-order valence-electron chi connectivity index (χ1n) is 14.1. The highest BCUT2D eigenvalue weighted by atomic mass is 28.3. The van der Waals surface area contributed by atoms with Crippen molar-refractivity contribution in [3.63, 3.8) is 0 Å². The van der Waals surface area contributed by atoms with E-state index in [1.54, 1.807) is 14.2 Å². The van der Waals surface area contributed by atoms with Crippen LogP contribution in [0.5, 0.6) is 0 Å². The Morgan fingerprint density at radius 3 is 2.43 bits per heavy atom. The Hall–Kier alpha value is -0.613. The fourth-order valence-electron chi connectivity index (χ4n) is 8.54. The molecular formula is C29H50O7Si. The van der Waals surface area contributed by atoms with Crippen LogP contribution in [0.1, 0.15) is 39.0 Å². The maximum absolute atomic E-state index is 13.2. The molecule has 7 nitrogen and oxygen atoms in total. The summed E-state index contributed by atoms with van der Waals surface area (Å²) in [5.41, 5.74) is 0.955. The van der Waals surface area contributed by atoms with Crippen molar-refractivity contribution < 1.29 is 33.2 Å². The van der Waals surface area contributed by atoms with Gasteiger partial charge in [0.2, 0.25) is 0 Å². The minimum absolute atomic E-state index is 0.0502. The van der Waals surface area contributed by atoms with E-state index in [1.807, 2.05) is 0 Å². The molecule has 0 amide bonds. The van der Waals surface area contributed by atoms with Crippen molar-refractivity contribution in [1.82, 2.24) is 0 Å². The van der Waals surface area contributed by atoms with Gasteiger partial charge in [0, 0.05) is 41.2 Å². The monoisotopic (exact) mass is 538 g/mol. The molecule has 0 radical (unpaired) electrons. The van der Waals surface area contributed by atoms with Gasteiger partial charge in [-0.1, -0.05) is 38.7 Å². The number of allylic oxidation sites excluding steroid dienone is 1. The lowest BCUT2D eigenvalue weighted by atomic mass is 9.44. The summed E-state index contributed by atoms with van der Waals surface area (Å²) in [7, 11) is 2.18. The third-order valence-corrected chi connectivity index (χ3v) is 11.6. The van der Waals surface area contributed by atoms with E-state index in [4.69, 9.17) is 28.4 Å². The summed E-state index contributed by atoms with van der Waals surface area (Å²) in [5, 5.41) is 0. The number of hydrogen-bond acceptors (Lipinski definition) is 7. The number of carbonyl (C=O) groups is 1. The zero-order valence-corrected chi connectivity index (χ0v) is 25.0. The van der Waals surface area contributed by atoms with Gasteiger partial charge in [-0.3, -0.25) is 4.79 Å². The van der Waals surface area contributed by atoms with Gasteiger partial charge in [0.05, 0.1) is 19.3 Å². The molecule has 4 aliphatic carbocycles. The van der Waals surface area contributed by atoms with E-state index in [0.29, 0.717) is 50.0 Å². The second kappa shape index (κ2) is 11.9. The molecule has 0 aliphatic heterocycles. The smallest absolute Gasteiger partial charge is 0.147 e. The number of hydrogen-bond donors (Lipinski definition) is 0. The minimum Gasteiger partial charge on any atom is -0.359 e. The predicted octanol–water partition coefficient (Wildman–Crippen LogP) is 5.13. The Bertz CT molecular complexity index is 813. The molecule has 0 heterocycles. The normalized spacial score (nSPS) is 39.2. The van der Waals surface area contributed by atoms with Gasteiger partial charge in [0.15, 0.2) is 0 Å². The fourth-order valence-corrected chi connectivity index (χ4v) is 9.29. The lowest BCUT2D eigenvalue weighted by Crippen LogP contribution is -2.57. The van der Waals surface area contributed by atoms with E-state index in [2.05, 4.69) is 33.1 Å². The third kappa shape index (κ3) is 5.67. The number of carbonyl (C=O) groups excluding carboxylic acids is 1. The lowest BCUT2D eigenvalue weighted by Gasteiger charge is -2.58. The molecule has 1 spiro atoms. The van der Waals surface area contributed by atoms with E-state index in [0.717, 1.165) is 43.9 Å².